The molecule has 1 atom stereocenters. The van der Waals surface area contributed by atoms with Crippen LogP contribution in [0.15, 0.2) is 18.2 Å². The number of nitrogens with one attached hydrogen (secondary N) is 2. The highest BCUT2D eigenvalue weighted by Gasteiger charge is 2.24. The van der Waals surface area contributed by atoms with Crippen molar-refractivity contribution in [1.82, 2.24) is 5.32 Å². The van der Waals surface area contributed by atoms with E-state index in [1.165, 1.54) is 6.07 Å². The van der Waals surface area contributed by atoms with Crippen molar-refractivity contribution in [3.63, 3.8) is 0 Å². The number of carbonyl (C=O) groups is 1. The van der Waals surface area contributed by atoms with Crippen LogP contribution >= 0.6 is 0 Å². The van der Waals surface area contributed by atoms with Crippen molar-refractivity contribution < 1.29 is 14.1 Å². The van der Waals surface area contributed by atoms with Crippen LogP contribution in [0.5, 0.6) is 0 Å². The van der Waals surface area contributed by atoms with Crippen molar-refractivity contribution in [2.45, 2.75) is 18.9 Å². The van der Waals surface area contributed by atoms with Crippen LogP contribution < -0.4 is 10.6 Å². The molecule has 1 aliphatic heterocycles. The normalized spacial score (nSPS) is 18.6. The molecule has 0 aromatic heterocycles. The van der Waals surface area contributed by atoms with E-state index in [0.29, 0.717) is 6.42 Å². The van der Waals surface area contributed by atoms with E-state index in [-0.39, 0.29) is 17.6 Å². The summed E-state index contributed by atoms with van der Waals surface area (Å²) in [5.41, 5.74) is -0.429. The molecular formula is C11H12FN3O3. The second-order valence-corrected chi connectivity index (χ2v) is 4.06. The van der Waals surface area contributed by atoms with E-state index in [1.54, 1.807) is 0 Å². The van der Waals surface area contributed by atoms with Crippen LogP contribution in [0, 0.1) is 15.9 Å². The highest BCUT2D eigenvalue weighted by molar-refractivity contribution is 5.96. The number of nitro benzene ring substituents is 1. The molecule has 7 heteroatoms. The highest BCUT2D eigenvalue weighted by atomic mass is 19.1. The number of rotatable bonds is 3. The predicted molar refractivity (Wildman–Crippen MR) is 62.7 cm³/mol. The fourth-order valence-corrected chi connectivity index (χ4v) is 1.89. The lowest BCUT2D eigenvalue weighted by Crippen LogP contribution is -2.35. The van der Waals surface area contributed by atoms with Crippen molar-refractivity contribution in [1.29, 1.82) is 0 Å². The minimum Gasteiger partial charge on any atom is -0.319 e. The van der Waals surface area contributed by atoms with Gasteiger partial charge in [-0.15, -0.1) is 0 Å². The molecular weight excluding hydrogens is 241 g/mol. The zero-order chi connectivity index (χ0) is 13.1. The Kier molecular flexibility index (Phi) is 3.52. The molecule has 0 aliphatic carbocycles. The molecule has 6 nitrogen and oxygen atoms in total. The second kappa shape index (κ2) is 5.09. The average Bonchev–Trinajstić information content (AvgIpc) is 2.84. The predicted octanol–water partition coefficient (Wildman–Crippen LogP) is 1.42. The molecule has 1 fully saturated rings. The van der Waals surface area contributed by atoms with E-state index in [1.807, 2.05) is 0 Å². The van der Waals surface area contributed by atoms with Gasteiger partial charge in [-0.05, 0) is 31.5 Å². The Bertz CT molecular complexity index is 486. The van der Waals surface area contributed by atoms with Gasteiger partial charge in [0.1, 0.15) is 11.5 Å². The molecule has 1 aromatic carbocycles. The number of halogens is 1. The van der Waals surface area contributed by atoms with Gasteiger partial charge in [0.2, 0.25) is 5.91 Å². The first-order chi connectivity index (χ1) is 8.58. The van der Waals surface area contributed by atoms with Gasteiger partial charge in [0.15, 0.2) is 0 Å². The van der Waals surface area contributed by atoms with Crippen molar-refractivity contribution in [2.24, 2.45) is 0 Å². The summed E-state index contributed by atoms with van der Waals surface area (Å²) in [6.45, 7) is 0.754. The van der Waals surface area contributed by atoms with Crippen molar-refractivity contribution >= 4 is 17.3 Å². The first-order valence-corrected chi connectivity index (χ1v) is 5.56. The number of hydrogen-bond acceptors (Lipinski definition) is 4. The number of amides is 1. The van der Waals surface area contributed by atoms with E-state index in [0.717, 1.165) is 25.1 Å². The monoisotopic (exact) mass is 253 g/mol. The molecule has 0 bridgehead atoms. The van der Waals surface area contributed by atoms with Gasteiger partial charge in [-0.3, -0.25) is 14.9 Å². The summed E-state index contributed by atoms with van der Waals surface area (Å²) in [5.74, 6) is -1.04. The Hall–Kier alpha value is -2.02. The average molecular weight is 253 g/mol. The summed E-state index contributed by atoms with van der Waals surface area (Å²) in [7, 11) is 0. The Labute approximate surface area is 102 Å². The third-order valence-electron chi connectivity index (χ3n) is 2.79. The maximum absolute atomic E-state index is 12.9. The zero-order valence-electron chi connectivity index (χ0n) is 9.48. The van der Waals surface area contributed by atoms with Gasteiger partial charge >= 0.3 is 0 Å². The fraction of sp³-hybridized carbons (Fsp3) is 0.364. The van der Waals surface area contributed by atoms with Crippen LogP contribution in [0.25, 0.3) is 0 Å². The lowest BCUT2D eigenvalue weighted by atomic mass is 10.2. The Balaban J connectivity index is 2.17. The number of benzene rings is 1. The van der Waals surface area contributed by atoms with E-state index in [4.69, 9.17) is 0 Å². The highest BCUT2D eigenvalue weighted by Crippen LogP contribution is 2.25. The molecule has 0 spiro atoms. The summed E-state index contributed by atoms with van der Waals surface area (Å²) >= 11 is 0. The summed E-state index contributed by atoms with van der Waals surface area (Å²) < 4.78 is 12.9. The van der Waals surface area contributed by atoms with Gasteiger partial charge < -0.3 is 10.6 Å². The molecule has 96 valence electrons. The summed E-state index contributed by atoms with van der Waals surface area (Å²) in [6, 6.07) is 2.72. The Morgan fingerprint density at radius 2 is 2.33 bits per heavy atom. The van der Waals surface area contributed by atoms with E-state index in [2.05, 4.69) is 10.6 Å². The molecule has 1 amide bonds. The smallest absolute Gasteiger partial charge is 0.295 e. The van der Waals surface area contributed by atoms with Gasteiger partial charge in [0, 0.05) is 0 Å². The fourth-order valence-electron chi connectivity index (χ4n) is 1.89. The minimum absolute atomic E-state index is 0.0140. The van der Waals surface area contributed by atoms with Crippen molar-refractivity contribution in [3.05, 3.63) is 34.1 Å². The van der Waals surface area contributed by atoms with E-state index < -0.39 is 16.4 Å². The van der Waals surface area contributed by atoms with Gasteiger partial charge in [-0.25, -0.2) is 4.39 Å². The molecule has 0 radical (unpaired) electrons. The summed E-state index contributed by atoms with van der Waals surface area (Å²) in [4.78, 5) is 21.8. The number of carbonyl (C=O) groups excluding carboxylic acids is 1. The molecule has 1 heterocycles. The molecule has 1 aliphatic rings. The van der Waals surface area contributed by atoms with Gasteiger partial charge in [0.25, 0.3) is 5.69 Å². The Morgan fingerprint density at radius 1 is 1.56 bits per heavy atom. The van der Waals surface area contributed by atoms with Crippen LogP contribution in [0.4, 0.5) is 15.8 Å². The number of nitrogens with zero attached hydrogens (tertiary/aromatic N) is 1. The lowest BCUT2D eigenvalue weighted by molar-refractivity contribution is -0.384. The quantitative estimate of drug-likeness (QED) is 0.630. The van der Waals surface area contributed by atoms with Crippen LogP contribution in [0.2, 0.25) is 0 Å². The molecule has 18 heavy (non-hydrogen) atoms. The summed E-state index contributed by atoms with van der Waals surface area (Å²) in [6.07, 6.45) is 1.59. The summed E-state index contributed by atoms with van der Waals surface area (Å²) in [5, 5.41) is 16.2. The van der Waals surface area contributed by atoms with E-state index >= 15 is 0 Å². The van der Waals surface area contributed by atoms with Crippen molar-refractivity contribution in [2.75, 3.05) is 11.9 Å². The molecule has 0 unspecified atom stereocenters. The first-order valence-electron chi connectivity index (χ1n) is 5.56. The maximum atomic E-state index is 12.9. The topological polar surface area (TPSA) is 84.3 Å². The van der Waals surface area contributed by atoms with Crippen LogP contribution in [-0.2, 0) is 4.79 Å². The number of hydrogen-bond donors (Lipinski definition) is 2. The van der Waals surface area contributed by atoms with E-state index in [9.17, 15) is 19.3 Å². The zero-order valence-corrected chi connectivity index (χ0v) is 9.48. The van der Waals surface area contributed by atoms with Gasteiger partial charge in [0.05, 0.1) is 17.0 Å². The third-order valence-corrected chi connectivity index (χ3v) is 2.79. The van der Waals surface area contributed by atoms with Crippen molar-refractivity contribution in [3.8, 4) is 0 Å². The minimum atomic E-state index is -0.721. The van der Waals surface area contributed by atoms with Crippen LogP contribution in [0.1, 0.15) is 12.8 Å². The van der Waals surface area contributed by atoms with Gasteiger partial charge in [-0.1, -0.05) is 0 Å². The molecule has 2 N–H and O–H groups in total. The molecule has 1 aromatic rings. The van der Waals surface area contributed by atoms with Crippen LogP contribution in [-0.4, -0.2) is 23.4 Å². The molecule has 0 saturated carbocycles. The van der Waals surface area contributed by atoms with Crippen LogP contribution in [0.3, 0.4) is 0 Å². The largest absolute Gasteiger partial charge is 0.319 e. The SMILES string of the molecule is O=C(Nc1ccc(F)cc1[N+](=O)[O-])[C@H]1CCCN1. The second-order valence-electron chi connectivity index (χ2n) is 4.06. The maximum Gasteiger partial charge on any atom is 0.295 e. The van der Waals surface area contributed by atoms with Gasteiger partial charge in [-0.2, -0.15) is 0 Å². The number of anilines is 1. The third kappa shape index (κ3) is 2.62. The standard InChI is InChI=1S/C11H12FN3O3/c12-7-3-4-8(10(6-7)15(17)18)14-11(16)9-2-1-5-13-9/h3-4,6,9,13H,1-2,5H2,(H,14,16)/t9-/m1/s1. The number of nitro groups is 1. The molecule has 1 saturated heterocycles. The Morgan fingerprint density at radius 3 is 2.94 bits per heavy atom. The molecule has 2 rings (SSSR count). The lowest BCUT2D eigenvalue weighted by Gasteiger charge is -2.11. The first kappa shape index (κ1) is 12.4.